The minimum atomic E-state index is -0.0834. The molecular weight excluding hydrogens is 330 g/mol. The van der Waals surface area contributed by atoms with Gasteiger partial charge in [0.15, 0.2) is 0 Å². The molecule has 2 aromatic carbocycles. The summed E-state index contributed by atoms with van der Waals surface area (Å²) in [6.45, 7) is 1.37. The van der Waals surface area contributed by atoms with Gasteiger partial charge in [-0.2, -0.15) is 0 Å². The zero-order chi connectivity index (χ0) is 17.9. The number of amides is 1. The first-order chi connectivity index (χ1) is 12.8. The van der Waals surface area contributed by atoms with E-state index in [1.165, 1.54) is 0 Å². The van der Waals surface area contributed by atoms with E-state index < -0.39 is 0 Å². The Bertz CT molecular complexity index is 764. The molecule has 1 amide bonds. The normalized spacial score (nSPS) is 26.7. The highest BCUT2D eigenvalue weighted by molar-refractivity contribution is 5.94. The second kappa shape index (κ2) is 7.48. The summed E-state index contributed by atoms with van der Waals surface area (Å²) in [6, 6.07) is 16.9. The van der Waals surface area contributed by atoms with Crippen molar-refractivity contribution >= 4 is 5.91 Å². The second-order valence-electron chi connectivity index (χ2n) is 6.85. The number of ether oxygens (including phenoxy) is 3. The number of hydrogen-bond acceptors (Lipinski definition) is 4. The molecule has 2 aromatic rings. The van der Waals surface area contributed by atoms with Gasteiger partial charge in [-0.15, -0.1) is 0 Å². The van der Waals surface area contributed by atoms with Crippen molar-refractivity contribution in [2.24, 2.45) is 11.8 Å². The molecule has 0 aromatic heterocycles. The Morgan fingerprint density at radius 1 is 1.15 bits per heavy atom. The highest BCUT2D eigenvalue weighted by Crippen LogP contribution is 2.43. The lowest BCUT2D eigenvalue weighted by Gasteiger charge is -2.47. The van der Waals surface area contributed by atoms with Crippen LogP contribution in [0.3, 0.4) is 0 Å². The number of carbonyl (C=O) groups excluding carboxylic acids is 1. The molecule has 4 rings (SSSR count). The van der Waals surface area contributed by atoms with Crippen LogP contribution >= 0.6 is 0 Å². The number of hydrogen-bond donors (Lipinski definition) is 1. The van der Waals surface area contributed by atoms with Crippen LogP contribution in [0.2, 0.25) is 0 Å². The minimum absolute atomic E-state index is 0.0834. The van der Waals surface area contributed by atoms with Crippen molar-refractivity contribution < 1.29 is 19.0 Å². The number of nitrogens with one attached hydrogen (secondary N) is 1. The topological polar surface area (TPSA) is 56.8 Å². The molecule has 5 heteroatoms. The van der Waals surface area contributed by atoms with Crippen LogP contribution < -0.4 is 10.1 Å². The largest absolute Gasteiger partial charge is 0.457 e. The standard InChI is InChI=1S/C21H23NO4/c1-24-13-18-19(17-10-11-25-20(17)18)22-21(23)14-6-5-9-16(12-14)26-15-7-3-2-4-8-15/h2-9,12,17-20H,10-11,13H2,1H3,(H,22,23)/t17-,18+,19-,20-/m0/s1. The van der Waals surface area contributed by atoms with E-state index in [1.54, 1.807) is 19.2 Å². The predicted octanol–water partition coefficient (Wildman–Crippen LogP) is 3.26. The second-order valence-corrected chi connectivity index (χ2v) is 6.85. The molecule has 2 aliphatic rings. The summed E-state index contributed by atoms with van der Waals surface area (Å²) >= 11 is 0. The molecule has 0 spiro atoms. The van der Waals surface area contributed by atoms with Gasteiger partial charge in [0, 0.05) is 37.2 Å². The van der Waals surface area contributed by atoms with Gasteiger partial charge in [0.1, 0.15) is 11.5 Å². The molecule has 0 unspecified atom stereocenters. The Morgan fingerprint density at radius 3 is 2.77 bits per heavy atom. The quantitative estimate of drug-likeness (QED) is 0.866. The van der Waals surface area contributed by atoms with E-state index in [-0.39, 0.29) is 24.0 Å². The van der Waals surface area contributed by atoms with Crippen LogP contribution in [-0.4, -0.2) is 38.4 Å². The average Bonchev–Trinajstić information content (AvgIpc) is 3.09. The van der Waals surface area contributed by atoms with E-state index in [0.29, 0.717) is 23.8 Å². The molecule has 1 aliphatic heterocycles. The fourth-order valence-electron chi connectivity index (χ4n) is 3.99. The van der Waals surface area contributed by atoms with E-state index in [1.807, 2.05) is 42.5 Å². The summed E-state index contributed by atoms with van der Waals surface area (Å²) in [5.41, 5.74) is 0.594. The SMILES string of the molecule is COC[C@@H]1[C@@H](NC(=O)c2cccc(Oc3ccccc3)c2)[C@@H]2CCO[C@H]12. The third kappa shape index (κ3) is 3.32. The van der Waals surface area contributed by atoms with Gasteiger partial charge in [-0.05, 0) is 36.8 Å². The Labute approximate surface area is 153 Å². The highest BCUT2D eigenvalue weighted by Gasteiger charge is 2.54. The van der Waals surface area contributed by atoms with Crippen LogP contribution in [0.5, 0.6) is 11.5 Å². The zero-order valence-corrected chi connectivity index (χ0v) is 14.8. The van der Waals surface area contributed by atoms with Crippen molar-refractivity contribution in [3.63, 3.8) is 0 Å². The highest BCUT2D eigenvalue weighted by atomic mass is 16.5. The first-order valence-corrected chi connectivity index (χ1v) is 9.00. The number of methoxy groups -OCH3 is 1. The van der Waals surface area contributed by atoms with E-state index in [4.69, 9.17) is 14.2 Å². The van der Waals surface area contributed by atoms with Gasteiger partial charge in [-0.1, -0.05) is 24.3 Å². The number of benzene rings is 2. The van der Waals surface area contributed by atoms with Crippen molar-refractivity contribution in [2.75, 3.05) is 20.3 Å². The van der Waals surface area contributed by atoms with Crippen LogP contribution in [0, 0.1) is 11.8 Å². The van der Waals surface area contributed by atoms with E-state index in [2.05, 4.69) is 5.32 Å². The predicted molar refractivity (Wildman–Crippen MR) is 97.4 cm³/mol. The molecule has 5 nitrogen and oxygen atoms in total. The van der Waals surface area contributed by atoms with Gasteiger partial charge in [-0.3, -0.25) is 4.79 Å². The molecule has 1 N–H and O–H groups in total. The maximum atomic E-state index is 12.7. The van der Waals surface area contributed by atoms with Crippen molar-refractivity contribution in [3.8, 4) is 11.5 Å². The van der Waals surface area contributed by atoms with Crippen molar-refractivity contribution in [3.05, 3.63) is 60.2 Å². The Morgan fingerprint density at radius 2 is 1.96 bits per heavy atom. The van der Waals surface area contributed by atoms with Crippen LogP contribution in [-0.2, 0) is 9.47 Å². The molecule has 0 bridgehead atoms. The smallest absolute Gasteiger partial charge is 0.251 e. The summed E-state index contributed by atoms with van der Waals surface area (Å²) in [5, 5.41) is 3.18. The molecule has 26 heavy (non-hydrogen) atoms. The van der Waals surface area contributed by atoms with Gasteiger partial charge in [0.05, 0.1) is 12.7 Å². The van der Waals surface area contributed by atoms with Gasteiger partial charge in [0.25, 0.3) is 5.91 Å². The third-order valence-electron chi connectivity index (χ3n) is 5.26. The van der Waals surface area contributed by atoms with Gasteiger partial charge >= 0.3 is 0 Å². The molecule has 1 saturated heterocycles. The van der Waals surface area contributed by atoms with Crippen LogP contribution in [0.4, 0.5) is 0 Å². The molecule has 1 saturated carbocycles. The van der Waals surface area contributed by atoms with Crippen molar-refractivity contribution in [1.82, 2.24) is 5.32 Å². The Hall–Kier alpha value is -2.37. The van der Waals surface area contributed by atoms with Crippen LogP contribution in [0.15, 0.2) is 54.6 Å². The first-order valence-electron chi connectivity index (χ1n) is 9.00. The lowest BCUT2D eigenvalue weighted by atomic mass is 9.67. The summed E-state index contributed by atoms with van der Waals surface area (Å²) in [7, 11) is 1.69. The summed E-state index contributed by atoms with van der Waals surface area (Å²) < 4.78 is 16.9. The zero-order valence-electron chi connectivity index (χ0n) is 14.8. The molecule has 1 heterocycles. The summed E-state index contributed by atoms with van der Waals surface area (Å²) in [5.74, 6) is 1.92. The van der Waals surface area contributed by atoms with E-state index in [0.717, 1.165) is 18.8 Å². The van der Waals surface area contributed by atoms with E-state index in [9.17, 15) is 4.79 Å². The molecule has 2 fully saturated rings. The number of fused-ring (bicyclic) bond motifs is 1. The average molecular weight is 353 g/mol. The minimum Gasteiger partial charge on any atom is -0.457 e. The lowest BCUT2D eigenvalue weighted by molar-refractivity contribution is -0.0809. The van der Waals surface area contributed by atoms with Gasteiger partial charge in [-0.25, -0.2) is 0 Å². The monoisotopic (exact) mass is 353 g/mol. The maximum Gasteiger partial charge on any atom is 0.251 e. The molecule has 4 atom stereocenters. The number of carbonyl (C=O) groups is 1. The maximum absolute atomic E-state index is 12.7. The lowest BCUT2D eigenvalue weighted by Crippen LogP contribution is -2.62. The number of para-hydroxylation sites is 1. The molecular formula is C21H23NO4. The Kier molecular flexibility index (Phi) is 4.91. The van der Waals surface area contributed by atoms with E-state index >= 15 is 0 Å². The first kappa shape index (κ1) is 17.1. The summed E-state index contributed by atoms with van der Waals surface area (Å²) in [4.78, 5) is 12.7. The van der Waals surface area contributed by atoms with Crippen LogP contribution in [0.25, 0.3) is 0 Å². The fourth-order valence-corrected chi connectivity index (χ4v) is 3.99. The van der Waals surface area contributed by atoms with Crippen molar-refractivity contribution in [1.29, 1.82) is 0 Å². The third-order valence-corrected chi connectivity index (χ3v) is 5.26. The molecule has 136 valence electrons. The molecule has 1 aliphatic carbocycles. The molecule has 0 radical (unpaired) electrons. The van der Waals surface area contributed by atoms with Gasteiger partial charge in [0.2, 0.25) is 0 Å². The van der Waals surface area contributed by atoms with Gasteiger partial charge < -0.3 is 19.5 Å². The number of rotatable bonds is 6. The van der Waals surface area contributed by atoms with Crippen molar-refractivity contribution in [2.45, 2.75) is 18.6 Å². The van der Waals surface area contributed by atoms with Crippen LogP contribution in [0.1, 0.15) is 16.8 Å². The fraction of sp³-hybridized carbons (Fsp3) is 0.381. The summed E-state index contributed by atoms with van der Waals surface area (Å²) in [6.07, 6.45) is 1.21. The Balaban J connectivity index is 1.44.